The second kappa shape index (κ2) is 9.72. The number of hydrogen-bond donors (Lipinski definition) is 5. The van der Waals surface area contributed by atoms with Gasteiger partial charge in [-0.3, -0.25) is 10.1 Å². The van der Waals surface area contributed by atoms with Crippen LogP contribution in [0.25, 0.3) is 10.8 Å². The van der Waals surface area contributed by atoms with Crippen molar-refractivity contribution in [3.8, 4) is 0 Å². The highest BCUT2D eigenvalue weighted by molar-refractivity contribution is 5.85. The molecule has 6 N–H and O–H groups in total. The first kappa shape index (κ1) is 21.2. The largest absolute Gasteiger partial charge is 0.465 e. The van der Waals surface area contributed by atoms with Crippen LogP contribution in [0, 0.1) is 0 Å². The van der Waals surface area contributed by atoms with Crippen LogP contribution in [0.2, 0.25) is 0 Å². The number of rotatable bonds is 9. The summed E-state index contributed by atoms with van der Waals surface area (Å²) in [5, 5.41) is 34.3. The number of pyridine rings is 1. The zero-order valence-corrected chi connectivity index (χ0v) is 15.5. The molecule has 0 aliphatic rings. The molecule has 8 heteroatoms. The third kappa shape index (κ3) is 5.21. The Hall–Kier alpha value is -2.10. The van der Waals surface area contributed by atoms with Gasteiger partial charge in [-0.15, -0.1) is 0 Å². The molecule has 2 unspecified atom stereocenters. The molecule has 27 heavy (non-hydrogen) atoms. The maximum Gasteiger partial charge on any atom is 0.323 e. The molecule has 0 saturated carbocycles. The van der Waals surface area contributed by atoms with Gasteiger partial charge in [0, 0.05) is 11.4 Å². The third-order valence-electron chi connectivity index (χ3n) is 4.30. The number of nitrogens with zero attached hydrogens (tertiary/aromatic N) is 1. The Balaban J connectivity index is 2.32. The maximum absolute atomic E-state index is 12.1. The van der Waals surface area contributed by atoms with Crippen molar-refractivity contribution >= 4 is 16.7 Å². The summed E-state index contributed by atoms with van der Waals surface area (Å²) >= 11 is 0. The minimum atomic E-state index is -1.76. The molecule has 0 aliphatic carbocycles. The Labute approximate surface area is 158 Å². The second-order valence-corrected chi connectivity index (χ2v) is 6.31. The molecule has 0 fully saturated rings. The zero-order chi connectivity index (χ0) is 20.0. The number of aliphatic hydroxyl groups excluding tert-OH is 2. The molecule has 8 nitrogen and oxygen atoms in total. The topological polar surface area (TPSA) is 138 Å². The summed E-state index contributed by atoms with van der Waals surface area (Å²) in [5.74, 6) is -0.431. The van der Waals surface area contributed by atoms with Crippen molar-refractivity contribution in [2.75, 3.05) is 13.2 Å². The van der Waals surface area contributed by atoms with Crippen LogP contribution < -0.4 is 11.1 Å². The lowest BCUT2D eigenvalue weighted by atomic mass is 10.0. The number of hydrogen-bond acceptors (Lipinski definition) is 8. The first-order valence-electron chi connectivity index (χ1n) is 8.95. The van der Waals surface area contributed by atoms with Crippen LogP contribution in [-0.4, -0.2) is 51.5 Å². The molecular weight excluding hydrogens is 350 g/mol. The summed E-state index contributed by atoms with van der Waals surface area (Å²) < 4.78 is 5.04. The molecule has 2 rings (SSSR count). The fraction of sp³-hybridized carbons (Fsp3) is 0.474. The molecule has 148 valence electrons. The van der Waals surface area contributed by atoms with Crippen molar-refractivity contribution in [3.63, 3.8) is 0 Å². The van der Waals surface area contributed by atoms with Crippen molar-refractivity contribution in [1.82, 2.24) is 10.3 Å². The lowest BCUT2D eigenvalue weighted by molar-refractivity contribution is -0.146. The number of ether oxygens (including phenoxy) is 1. The Morgan fingerprint density at radius 2 is 2.00 bits per heavy atom. The molecule has 1 aromatic carbocycles. The van der Waals surface area contributed by atoms with Crippen molar-refractivity contribution in [2.24, 2.45) is 5.73 Å². The predicted molar refractivity (Wildman–Crippen MR) is 101 cm³/mol. The Morgan fingerprint density at radius 1 is 1.30 bits per heavy atom. The Kier molecular flexibility index (Phi) is 7.64. The molecule has 0 bridgehead atoms. The first-order chi connectivity index (χ1) is 12.9. The van der Waals surface area contributed by atoms with Crippen LogP contribution in [0.4, 0.5) is 0 Å². The minimum absolute atomic E-state index is 0.0406. The van der Waals surface area contributed by atoms with Crippen LogP contribution in [-0.2, 0) is 9.53 Å². The van der Waals surface area contributed by atoms with E-state index in [2.05, 4.69) is 10.3 Å². The summed E-state index contributed by atoms with van der Waals surface area (Å²) in [6.07, 6.45) is -2.49. The van der Waals surface area contributed by atoms with Gasteiger partial charge in [0.1, 0.15) is 12.1 Å². The van der Waals surface area contributed by atoms with Crippen molar-refractivity contribution < 1.29 is 24.9 Å². The van der Waals surface area contributed by atoms with Gasteiger partial charge in [0.25, 0.3) is 0 Å². The van der Waals surface area contributed by atoms with Gasteiger partial charge in [0.15, 0.2) is 6.29 Å². The highest BCUT2D eigenvalue weighted by Gasteiger charge is 2.27. The van der Waals surface area contributed by atoms with Crippen LogP contribution >= 0.6 is 0 Å². The van der Waals surface area contributed by atoms with E-state index in [9.17, 15) is 20.1 Å². The van der Waals surface area contributed by atoms with Crippen molar-refractivity contribution in [2.45, 2.75) is 44.7 Å². The normalized spacial score (nSPS) is 14.9. The number of carbonyl (C=O) groups is 1. The predicted octanol–water partition coefficient (Wildman–Crippen LogP) is 0.510. The van der Waals surface area contributed by atoms with E-state index in [1.807, 2.05) is 12.1 Å². The first-order valence-corrected chi connectivity index (χ1v) is 8.95. The summed E-state index contributed by atoms with van der Waals surface area (Å²) in [6, 6.07) is 7.56. The van der Waals surface area contributed by atoms with E-state index >= 15 is 0 Å². The molecule has 0 saturated heterocycles. The number of nitrogens with two attached hydrogens (primary N) is 1. The van der Waals surface area contributed by atoms with Gasteiger partial charge in [-0.1, -0.05) is 24.3 Å². The highest BCUT2D eigenvalue weighted by Crippen LogP contribution is 2.27. The Morgan fingerprint density at radius 3 is 2.63 bits per heavy atom. The second-order valence-electron chi connectivity index (χ2n) is 6.31. The number of esters is 1. The van der Waals surface area contributed by atoms with Crippen LogP contribution in [0.5, 0.6) is 0 Å². The molecule has 0 amide bonds. The molecule has 2 aromatic rings. The molecule has 1 heterocycles. The monoisotopic (exact) mass is 377 g/mol. The summed E-state index contributed by atoms with van der Waals surface area (Å²) in [4.78, 5) is 16.3. The number of benzene rings is 1. The van der Waals surface area contributed by atoms with Gasteiger partial charge in [0.05, 0.1) is 18.0 Å². The highest BCUT2D eigenvalue weighted by atomic mass is 16.5. The van der Waals surface area contributed by atoms with Crippen LogP contribution in [0.3, 0.4) is 0 Å². The maximum atomic E-state index is 12.1. The average molecular weight is 377 g/mol. The number of carbonyl (C=O) groups excluding carboxylic acids is 1. The van der Waals surface area contributed by atoms with E-state index < -0.39 is 30.4 Å². The smallest absolute Gasteiger partial charge is 0.323 e. The molecule has 0 spiro atoms. The Bertz CT molecular complexity index is 768. The standard InChI is InChI=1S/C19H27N3O5/c1-3-27-19(26)14(8-9-20)21-11(2)17(23)16-13-7-5-4-6-12(13)10-15(22-16)18(24)25/h4-7,10-11,14,17-18,21,23-25H,3,8-9,20H2,1-2H3/t11-,14?,17?/m0/s1. The van der Waals surface area contributed by atoms with E-state index in [1.54, 1.807) is 32.0 Å². The lowest BCUT2D eigenvalue weighted by Crippen LogP contribution is -2.46. The lowest BCUT2D eigenvalue weighted by Gasteiger charge is -2.26. The van der Waals surface area contributed by atoms with E-state index in [4.69, 9.17) is 10.5 Å². The van der Waals surface area contributed by atoms with Gasteiger partial charge >= 0.3 is 5.97 Å². The number of nitrogens with one attached hydrogen (secondary N) is 1. The number of aromatic nitrogens is 1. The summed E-state index contributed by atoms with van der Waals surface area (Å²) in [7, 11) is 0. The molecule has 0 aliphatic heterocycles. The van der Waals surface area contributed by atoms with Crippen LogP contribution in [0.1, 0.15) is 44.1 Å². The third-order valence-corrected chi connectivity index (χ3v) is 4.30. The molecular formula is C19H27N3O5. The summed E-state index contributed by atoms with van der Waals surface area (Å²) in [6.45, 7) is 3.97. The SMILES string of the molecule is CCOC(=O)C(CCN)N[C@@H](C)C(O)c1nc(C(O)O)cc2ccccc12. The van der Waals surface area contributed by atoms with Crippen molar-refractivity contribution in [3.05, 3.63) is 41.7 Å². The van der Waals surface area contributed by atoms with Gasteiger partial charge < -0.3 is 25.8 Å². The van der Waals surface area contributed by atoms with E-state index in [0.29, 0.717) is 17.5 Å². The fourth-order valence-corrected chi connectivity index (χ4v) is 2.93. The van der Waals surface area contributed by atoms with Gasteiger partial charge in [-0.2, -0.15) is 0 Å². The van der Waals surface area contributed by atoms with Gasteiger partial charge in [-0.25, -0.2) is 4.98 Å². The van der Waals surface area contributed by atoms with E-state index in [-0.39, 0.29) is 18.8 Å². The molecule has 3 atom stereocenters. The number of fused-ring (bicyclic) bond motifs is 1. The quantitative estimate of drug-likeness (QED) is 0.315. The van der Waals surface area contributed by atoms with Crippen LogP contribution in [0.15, 0.2) is 30.3 Å². The fourth-order valence-electron chi connectivity index (χ4n) is 2.93. The van der Waals surface area contributed by atoms with Gasteiger partial charge in [0.2, 0.25) is 0 Å². The molecule has 0 radical (unpaired) electrons. The van der Waals surface area contributed by atoms with E-state index in [0.717, 1.165) is 5.39 Å². The number of aliphatic hydroxyl groups is 3. The summed E-state index contributed by atoms with van der Waals surface area (Å²) in [5.41, 5.74) is 5.91. The van der Waals surface area contributed by atoms with Crippen molar-refractivity contribution in [1.29, 1.82) is 0 Å². The molecule has 1 aromatic heterocycles. The van der Waals surface area contributed by atoms with E-state index in [1.165, 1.54) is 0 Å². The zero-order valence-electron chi connectivity index (χ0n) is 15.5. The average Bonchev–Trinajstić information content (AvgIpc) is 2.66. The minimum Gasteiger partial charge on any atom is -0.465 e. The van der Waals surface area contributed by atoms with Gasteiger partial charge in [-0.05, 0) is 38.3 Å².